The van der Waals surface area contributed by atoms with Crippen molar-refractivity contribution >= 4 is 11.9 Å². The van der Waals surface area contributed by atoms with Crippen LogP contribution in [0.15, 0.2) is 54.7 Å². The highest BCUT2D eigenvalue weighted by molar-refractivity contribution is 6.02. The van der Waals surface area contributed by atoms with Crippen molar-refractivity contribution in [3.05, 3.63) is 66.0 Å². The van der Waals surface area contributed by atoms with Gasteiger partial charge in [0.05, 0.1) is 5.69 Å². The first-order chi connectivity index (χ1) is 10.2. The molecule has 21 heavy (non-hydrogen) atoms. The van der Waals surface area contributed by atoms with Crippen molar-refractivity contribution in [1.82, 2.24) is 14.8 Å². The van der Waals surface area contributed by atoms with Gasteiger partial charge in [0.15, 0.2) is 0 Å². The summed E-state index contributed by atoms with van der Waals surface area (Å²) in [5.41, 5.74) is 1.55. The Kier molecular flexibility index (Phi) is 3.39. The highest BCUT2D eigenvalue weighted by Gasteiger charge is 2.40. The van der Waals surface area contributed by atoms with Gasteiger partial charge in [-0.15, -0.1) is 0 Å². The molecule has 5 nitrogen and oxygen atoms in total. The lowest BCUT2D eigenvalue weighted by molar-refractivity contribution is -0.126. The number of nitrogens with zero attached hydrogens (tertiary/aromatic N) is 3. The Morgan fingerprint density at radius 2 is 1.76 bits per heavy atom. The zero-order valence-corrected chi connectivity index (χ0v) is 11.6. The lowest BCUT2D eigenvalue weighted by Gasteiger charge is -2.25. The van der Waals surface area contributed by atoms with Gasteiger partial charge in [0, 0.05) is 13.2 Å². The van der Waals surface area contributed by atoms with E-state index in [0.717, 1.165) is 5.56 Å². The number of rotatable bonds is 3. The standard InChI is InChI=1S/C16H15N3O2/c1-18-11-14(20)19(16(18)21)15(12-7-3-2-4-8-12)13-9-5-6-10-17-13/h2-10,15H,11H2,1H3. The van der Waals surface area contributed by atoms with E-state index < -0.39 is 6.04 Å². The van der Waals surface area contributed by atoms with E-state index in [4.69, 9.17) is 0 Å². The van der Waals surface area contributed by atoms with Gasteiger partial charge in [0.25, 0.3) is 5.91 Å². The molecular formula is C16H15N3O2. The second kappa shape index (κ2) is 5.36. The zero-order chi connectivity index (χ0) is 14.8. The lowest BCUT2D eigenvalue weighted by Crippen LogP contribution is -2.36. The number of carbonyl (C=O) groups excluding carboxylic acids is 2. The van der Waals surface area contributed by atoms with Crippen LogP contribution in [0.25, 0.3) is 0 Å². The predicted molar refractivity (Wildman–Crippen MR) is 77.4 cm³/mol. The fraction of sp³-hybridized carbons (Fsp3) is 0.188. The molecule has 1 atom stereocenters. The van der Waals surface area contributed by atoms with Crippen molar-refractivity contribution in [3.63, 3.8) is 0 Å². The topological polar surface area (TPSA) is 53.5 Å². The van der Waals surface area contributed by atoms with Crippen LogP contribution in [0, 0.1) is 0 Å². The molecule has 1 aromatic heterocycles. The quantitative estimate of drug-likeness (QED) is 0.809. The molecule has 106 valence electrons. The molecule has 2 aromatic rings. The summed E-state index contributed by atoms with van der Waals surface area (Å²) in [6.07, 6.45) is 1.67. The van der Waals surface area contributed by atoms with Gasteiger partial charge >= 0.3 is 6.03 Å². The SMILES string of the molecule is CN1CC(=O)N(C(c2ccccc2)c2ccccn2)C1=O. The Morgan fingerprint density at radius 1 is 1.05 bits per heavy atom. The number of hydrogen-bond acceptors (Lipinski definition) is 3. The van der Waals surface area contributed by atoms with Crippen LogP contribution in [0.4, 0.5) is 4.79 Å². The van der Waals surface area contributed by atoms with Gasteiger partial charge in [-0.05, 0) is 17.7 Å². The summed E-state index contributed by atoms with van der Waals surface area (Å²) in [6, 6.07) is 14.2. The fourth-order valence-electron chi connectivity index (χ4n) is 2.52. The van der Waals surface area contributed by atoms with Gasteiger partial charge in [-0.25, -0.2) is 9.69 Å². The fourth-order valence-corrected chi connectivity index (χ4v) is 2.52. The molecule has 0 N–H and O–H groups in total. The van der Waals surface area contributed by atoms with Crippen LogP contribution < -0.4 is 0 Å². The third-order valence-corrected chi connectivity index (χ3v) is 3.52. The molecule has 3 amide bonds. The Labute approximate surface area is 122 Å². The van der Waals surface area contributed by atoms with Gasteiger partial charge in [0.1, 0.15) is 12.6 Å². The predicted octanol–water partition coefficient (Wildman–Crippen LogP) is 2.06. The minimum atomic E-state index is -0.489. The second-order valence-corrected chi connectivity index (χ2v) is 4.97. The first-order valence-corrected chi connectivity index (χ1v) is 6.71. The van der Waals surface area contributed by atoms with E-state index in [1.165, 1.54) is 9.80 Å². The van der Waals surface area contributed by atoms with Crippen molar-refractivity contribution in [3.8, 4) is 0 Å². The molecular weight excluding hydrogens is 266 g/mol. The molecule has 0 aliphatic carbocycles. The van der Waals surface area contributed by atoms with Crippen LogP contribution in [0.1, 0.15) is 17.3 Å². The van der Waals surface area contributed by atoms with Crippen molar-refractivity contribution in [1.29, 1.82) is 0 Å². The minimum Gasteiger partial charge on any atom is -0.318 e. The van der Waals surface area contributed by atoms with E-state index in [2.05, 4.69) is 4.98 Å². The number of benzene rings is 1. The molecule has 1 fully saturated rings. The van der Waals surface area contributed by atoms with E-state index >= 15 is 0 Å². The van der Waals surface area contributed by atoms with E-state index in [0.29, 0.717) is 5.69 Å². The van der Waals surface area contributed by atoms with E-state index in [1.54, 1.807) is 13.2 Å². The number of likely N-dealkylation sites (N-methyl/N-ethyl adjacent to an activating group) is 1. The number of amides is 3. The van der Waals surface area contributed by atoms with Crippen molar-refractivity contribution < 1.29 is 9.59 Å². The number of pyridine rings is 1. The Hall–Kier alpha value is -2.69. The molecule has 1 unspecified atom stereocenters. The van der Waals surface area contributed by atoms with Gasteiger partial charge < -0.3 is 4.90 Å². The largest absolute Gasteiger partial charge is 0.327 e. The molecule has 1 aromatic carbocycles. The molecule has 1 aliphatic heterocycles. The molecule has 2 heterocycles. The number of imide groups is 1. The summed E-state index contributed by atoms with van der Waals surface area (Å²) < 4.78 is 0. The molecule has 0 saturated carbocycles. The van der Waals surface area contributed by atoms with E-state index in [1.807, 2.05) is 48.5 Å². The highest BCUT2D eigenvalue weighted by Crippen LogP contribution is 2.30. The Morgan fingerprint density at radius 3 is 2.33 bits per heavy atom. The van der Waals surface area contributed by atoms with E-state index in [-0.39, 0.29) is 18.5 Å². The maximum absolute atomic E-state index is 12.3. The molecule has 1 saturated heterocycles. The number of hydrogen-bond donors (Lipinski definition) is 0. The first-order valence-electron chi connectivity index (χ1n) is 6.71. The number of urea groups is 1. The summed E-state index contributed by atoms with van der Waals surface area (Å²) in [7, 11) is 1.63. The molecule has 1 aliphatic rings. The summed E-state index contributed by atoms with van der Waals surface area (Å²) in [4.78, 5) is 31.6. The maximum atomic E-state index is 12.3. The average Bonchev–Trinajstić information content (AvgIpc) is 2.76. The van der Waals surface area contributed by atoms with Crippen LogP contribution in [-0.4, -0.2) is 40.3 Å². The third kappa shape index (κ3) is 2.38. The monoisotopic (exact) mass is 281 g/mol. The minimum absolute atomic E-state index is 0.106. The van der Waals surface area contributed by atoms with Gasteiger partial charge in [0.2, 0.25) is 0 Å². The smallest absolute Gasteiger partial charge is 0.318 e. The second-order valence-electron chi connectivity index (χ2n) is 4.97. The molecule has 0 radical (unpaired) electrons. The third-order valence-electron chi connectivity index (χ3n) is 3.52. The zero-order valence-electron chi connectivity index (χ0n) is 11.6. The van der Waals surface area contributed by atoms with Crippen molar-refractivity contribution in [2.75, 3.05) is 13.6 Å². The summed E-state index contributed by atoms with van der Waals surface area (Å²) >= 11 is 0. The summed E-state index contributed by atoms with van der Waals surface area (Å²) in [5.74, 6) is -0.206. The maximum Gasteiger partial charge on any atom is 0.327 e. The van der Waals surface area contributed by atoms with Crippen molar-refractivity contribution in [2.24, 2.45) is 0 Å². The van der Waals surface area contributed by atoms with Gasteiger partial charge in [-0.1, -0.05) is 36.4 Å². The van der Waals surface area contributed by atoms with E-state index in [9.17, 15) is 9.59 Å². The van der Waals surface area contributed by atoms with Crippen LogP contribution in [0.2, 0.25) is 0 Å². The number of carbonyl (C=O) groups is 2. The van der Waals surface area contributed by atoms with Crippen LogP contribution in [0.3, 0.4) is 0 Å². The molecule has 0 spiro atoms. The van der Waals surface area contributed by atoms with Crippen molar-refractivity contribution in [2.45, 2.75) is 6.04 Å². The van der Waals surface area contributed by atoms with Crippen LogP contribution >= 0.6 is 0 Å². The Balaban J connectivity index is 2.09. The van der Waals surface area contributed by atoms with Crippen LogP contribution in [-0.2, 0) is 4.79 Å². The normalized spacial score (nSPS) is 16.4. The van der Waals surface area contributed by atoms with Crippen LogP contribution in [0.5, 0.6) is 0 Å². The molecule has 3 rings (SSSR count). The highest BCUT2D eigenvalue weighted by atomic mass is 16.2. The van der Waals surface area contributed by atoms with Gasteiger partial charge in [-0.2, -0.15) is 0 Å². The van der Waals surface area contributed by atoms with Gasteiger partial charge in [-0.3, -0.25) is 9.78 Å². The average molecular weight is 281 g/mol. The summed E-state index contributed by atoms with van der Waals surface area (Å²) in [5, 5.41) is 0. The first kappa shape index (κ1) is 13.3. The lowest BCUT2D eigenvalue weighted by atomic mass is 10.0. The molecule has 0 bridgehead atoms. The Bertz CT molecular complexity index is 618. The molecule has 5 heteroatoms. The number of aromatic nitrogens is 1. The summed E-state index contributed by atoms with van der Waals surface area (Å²) in [6.45, 7) is 0.106.